The first-order valence-electron chi connectivity index (χ1n) is 3.34. The molecule has 0 atom stereocenters. The van der Waals surface area contributed by atoms with Crippen molar-refractivity contribution in [3.8, 4) is 0 Å². The maximum absolute atomic E-state index is 12.0. The van der Waals surface area contributed by atoms with Gasteiger partial charge in [0.25, 0.3) is 5.56 Å². The van der Waals surface area contributed by atoms with E-state index in [1.807, 2.05) is 0 Å². The number of hydrogen-bond donors (Lipinski definition) is 1. The molecular weight excluding hydrogens is 205 g/mol. The van der Waals surface area contributed by atoms with Gasteiger partial charge in [0.05, 0.1) is 7.11 Å². The number of ether oxygens (including phenoxy) is 1. The molecule has 0 fully saturated rings. The Balaban J connectivity index is 3.19. The predicted molar refractivity (Wildman–Crippen MR) is 37.9 cm³/mol. The van der Waals surface area contributed by atoms with Crippen molar-refractivity contribution in [2.45, 2.75) is 6.18 Å². The van der Waals surface area contributed by atoms with Gasteiger partial charge in [-0.3, -0.25) is 9.89 Å². The van der Waals surface area contributed by atoms with E-state index in [-0.39, 0.29) is 10.7 Å². The Morgan fingerprint density at radius 1 is 1.57 bits per heavy atom. The van der Waals surface area contributed by atoms with E-state index in [1.165, 1.54) is 0 Å². The third-order valence-electron chi connectivity index (χ3n) is 1.38. The van der Waals surface area contributed by atoms with Gasteiger partial charge in [-0.1, -0.05) is 0 Å². The molecule has 0 saturated carbocycles. The van der Waals surface area contributed by atoms with E-state index < -0.39 is 23.5 Å². The number of aromatic nitrogens is 2. The molecule has 0 amide bonds. The van der Waals surface area contributed by atoms with E-state index in [9.17, 15) is 22.8 Å². The van der Waals surface area contributed by atoms with Crippen molar-refractivity contribution in [1.82, 2.24) is 9.78 Å². The van der Waals surface area contributed by atoms with Crippen LogP contribution < -0.4 is 5.56 Å². The quantitative estimate of drug-likeness (QED) is 0.689. The van der Waals surface area contributed by atoms with Gasteiger partial charge in [0, 0.05) is 6.07 Å². The number of aromatic amines is 1. The van der Waals surface area contributed by atoms with Gasteiger partial charge in [-0.15, -0.1) is 0 Å². The highest BCUT2D eigenvalue weighted by atomic mass is 19.4. The van der Waals surface area contributed by atoms with Crippen LogP contribution in [0.1, 0.15) is 5.69 Å². The lowest BCUT2D eigenvalue weighted by Crippen LogP contribution is -2.24. The van der Waals surface area contributed by atoms with E-state index in [1.54, 1.807) is 5.10 Å². The van der Waals surface area contributed by atoms with Crippen molar-refractivity contribution >= 4 is 6.09 Å². The number of nitrogens with zero attached hydrogens (tertiary/aromatic N) is 1. The summed E-state index contributed by atoms with van der Waals surface area (Å²) in [5.74, 6) is 0. The summed E-state index contributed by atoms with van der Waals surface area (Å²) >= 11 is 0. The zero-order valence-electron chi connectivity index (χ0n) is 6.88. The van der Waals surface area contributed by atoms with Crippen molar-refractivity contribution < 1.29 is 22.7 Å². The average molecular weight is 210 g/mol. The molecule has 0 aliphatic carbocycles. The van der Waals surface area contributed by atoms with Crippen molar-refractivity contribution in [2.75, 3.05) is 7.11 Å². The van der Waals surface area contributed by atoms with Crippen LogP contribution in [0.25, 0.3) is 0 Å². The molecule has 1 aromatic heterocycles. The van der Waals surface area contributed by atoms with Crippen LogP contribution in [0.4, 0.5) is 18.0 Å². The Bertz CT molecular complexity index is 403. The minimum Gasteiger partial charge on any atom is -0.451 e. The van der Waals surface area contributed by atoms with E-state index in [2.05, 4.69) is 4.74 Å². The van der Waals surface area contributed by atoms with Crippen LogP contribution in [0.5, 0.6) is 0 Å². The van der Waals surface area contributed by atoms with Crippen LogP contribution in [0.2, 0.25) is 0 Å². The summed E-state index contributed by atoms with van der Waals surface area (Å²) in [6.07, 6.45) is -5.90. The zero-order valence-corrected chi connectivity index (χ0v) is 6.88. The summed E-state index contributed by atoms with van der Waals surface area (Å²) < 4.78 is 40.2. The summed E-state index contributed by atoms with van der Waals surface area (Å²) in [5.41, 5.74) is -2.42. The largest absolute Gasteiger partial charge is 0.451 e. The minimum atomic E-state index is -4.70. The molecular formula is C6H5F3N2O3. The van der Waals surface area contributed by atoms with Crippen molar-refractivity contribution in [3.63, 3.8) is 0 Å². The fraction of sp³-hybridized carbons (Fsp3) is 0.333. The lowest BCUT2D eigenvalue weighted by atomic mass is 10.4. The topological polar surface area (TPSA) is 64.1 Å². The van der Waals surface area contributed by atoms with Crippen molar-refractivity contribution in [1.29, 1.82) is 0 Å². The molecule has 0 unspecified atom stereocenters. The van der Waals surface area contributed by atoms with Gasteiger partial charge in [0.15, 0.2) is 0 Å². The number of carbonyl (C=O) groups excluding carboxylic acids is 1. The second-order valence-electron chi connectivity index (χ2n) is 2.31. The van der Waals surface area contributed by atoms with E-state index >= 15 is 0 Å². The lowest BCUT2D eigenvalue weighted by Gasteiger charge is -2.01. The summed E-state index contributed by atoms with van der Waals surface area (Å²) in [5, 5.41) is 1.58. The Labute approximate surface area is 75.1 Å². The average Bonchev–Trinajstić information content (AvgIpc) is 2.45. The third kappa shape index (κ3) is 1.78. The van der Waals surface area contributed by atoms with Gasteiger partial charge in [0.2, 0.25) is 0 Å². The standard InChI is InChI=1S/C6H5F3N2O3/c1-14-5(13)11-4(12)2-3(10-11)6(7,8)9/h2,10H,1H3. The van der Waals surface area contributed by atoms with Crippen LogP contribution in [0, 0.1) is 0 Å². The van der Waals surface area contributed by atoms with Gasteiger partial charge < -0.3 is 4.74 Å². The predicted octanol–water partition coefficient (Wildman–Crippen LogP) is 0.810. The molecule has 1 aromatic rings. The normalized spacial score (nSPS) is 11.4. The summed E-state index contributed by atoms with van der Waals surface area (Å²) in [4.78, 5) is 21.5. The van der Waals surface area contributed by atoms with Crippen LogP contribution in [-0.2, 0) is 10.9 Å². The van der Waals surface area contributed by atoms with Crippen LogP contribution >= 0.6 is 0 Å². The molecule has 0 spiro atoms. The van der Waals surface area contributed by atoms with Crippen LogP contribution in [0.3, 0.4) is 0 Å². The summed E-state index contributed by atoms with van der Waals surface area (Å²) in [7, 11) is 0.947. The molecule has 1 heterocycles. The maximum atomic E-state index is 12.0. The SMILES string of the molecule is COC(=O)n1[nH]c(C(F)(F)F)cc1=O. The minimum absolute atomic E-state index is 0.128. The van der Waals surface area contributed by atoms with E-state index in [0.717, 1.165) is 7.11 Å². The fourth-order valence-corrected chi connectivity index (χ4v) is 0.768. The number of hydrogen-bond acceptors (Lipinski definition) is 3. The lowest BCUT2D eigenvalue weighted by molar-refractivity contribution is -0.141. The number of methoxy groups -OCH3 is 1. The number of alkyl halides is 3. The molecule has 5 nitrogen and oxygen atoms in total. The van der Waals surface area contributed by atoms with Crippen LogP contribution in [-0.4, -0.2) is 23.0 Å². The van der Waals surface area contributed by atoms with Crippen molar-refractivity contribution in [3.05, 3.63) is 22.1 Å². The summed E-state index contributed by atoms with van der Waals surface area (Å²) in [6.45, 7) is 0. The first-order valence-corrected chi connectivity index (χ1v) is 3.34. The number of halogens is 3. The molecule has 0 saturated heterocycles. The van der Waals surface area contributed by atoms with E-state index in [4.69, 9.17) is 0 Å². The first-order chi connectivity index (χ1) is 6.36. The Kier molecular flexibility index (Phi) is 2.37. The molecule has 8 heteroatoms. The Morgan fingerprint density at radius 2 is 2.14 bits per heavy atom. The van der Waals surface area contributed by atoms with Gasteiger partial charge >= 0.3 is 12.3 Å². The number of carbonyl (C=O) groups is 1. The Hall–Kier alpha value is -1.73. The third-order valence-corrected chi connectivity index (χ3v) is 1.38. The summed E-state index contributed by atoms with van der Waals surface area (Å²) in [6, 6.07) is 0.275. The fourth-order valence-electron chi connectivity index (χ4n) is 0.768. The smallest absolute Gasteiger partial charge is 0.435 e. The Morgan fingerprint density at radius 3 is 2.50 bits per heavy atom. The molecule has 0 aromatic carbocycles. The van der Waals surface area contributed by atoms with Crippen molar-refractivity contribution in [2.24, 2.45) is 0 Å². The molecule has 0 aliphatic rings. The zero-order chi connectivity index (χ0) is 10.9. The number of nitrogens with one attached hydrogen (secondary N) is 1. The number of H-pyrrole nitrogens is 1. The molecule has 1 N–H and O–H groups in total. The van der Waals surface area contributed by atoms with Gasteiger partial charge in [0.1, 0.15) is 5.69 Å². The van der Waals surface area contributed by atoms with Gasteiger partial charge in [-0.05, 0) is 0 Å². The van der Waals surface area contributed by atoms with E-state index in [0.29, 0.717) is 0 Å². The molecule has 1 rings (SSSR count). The monoisotopic (exact) mass is 210 g/mol. The maximum Gasteiger partial charge on any atom is 0.435 e. The molecule has 14 heavy (non-hydrogen) atoms. The van der Waals surface area contributed by atoms with Gasteiger partial charge in [-0.2, -0.15) is 17.9 Å². The second-order valence-corrected chi connectivity index (χ2v) is 2.31. The first kappa shape index (κ1) is 10.4. The van der Waals surface area contributed by atoms with Gasteiger partial charge in [-0.25, -0.2) is 4.79 Å². The highest BCUT2D eigenvalue weighted by Gasteiger charge is 2.34. The highest BCUT2D eigenvalue weighted by Crippen LogP contribution is 2.26. The second kappa shape index (κ2) is 3.20. The highest BCUT2D eigenvalue weighted by molar-refractivity contribution is 5.68. The molecule has 0 bridgehead atoms. The van der Waals surface area contributed by atoms with Crippen LogP contribution in [0.15, 0.2) is 10.9 Å². The molecule has 0 radical (unpaired) electrons. The molecule has 78 valence electrons. The number of rotatable bonds is 0. The molecule has 0 aliphatic heterocycles.